The molecule has 8 nitrogen and oxygen atoms in total. The maximum atomic E-state index is 12.8. The first-order valence-electron chi connectivity index (χ1n) is 9.14. The molecule has 0 bridgehead atoms. The third-order valence-electron chi connectivity index (χ3n) is 5.47. The van der Waals surface area contributed by atoms with Crippen LogP contribution in [0.15, 0.2) is 17.1 Å². The Kier molecular flexibility index (Phi) is 4.22. The second-order valence-electron chi connectivity index (χ2n) is 7.35. The molecule has 2 heterocycles. The van der Waals surface area contributed by atoms with Crippen LogP contribution in [0.4, 0.5) is 11.4 Å². The first kappa shape index (κ1) is 17.7. The first-order valence-corrected chi connectivity index (χ1v) is 9.14. The molecule has 0 atom stereocenters. The fraction of sp³-hybridized carbons (Fsp3) is 0.474. The number of pyridine rings is 1. The van der Waals surface area contributed by atoms with Crippen molar-refractivity contribution < 1.29 is 14.6 Å². The van der Waals surface area contributed by atoms with Crippen LogP contribution in [0, 0.1) is 0 Å². The van der Waals surface area contributed by atoms with Crippen LogP contribution in [0.1, 0.15) is 29.2 Å². The Morgan fingerprint density at radius 2 is 1.93 bits per heavy atom. The third kappa shape index (κ3) is 2.90. The van der Waals surface area contributed by atoms with E-state index in [1.807, 2.05) is 4.57 Å². The highest BCUT2D eigenvalue weighted by Gasteiger charge is 2.31. The highest BCUT2D eigenvalue weighted by molar-refractivity contribution is 6.00. The fourth-order valence-corrected chi connectivity index (χ4v) is 3.84. The van der Waals surface area contributed by atoms with Crippen LogP contribution < -0.4 is 20.8 Å². The SMILES string of the molecule is COc1c(N2CCN(C)CC2)c(N)cc2c(=O)c(C(=O)O)cn(C3CC3)c12. The van der Waals surface area contributed by atoms with Gasteiger partial charge in [-0.2, -0.15) is 0 Å². The van der Waals surface area contributed by atoms with Crippen molar-refractivity contribution in [3.8, 4) is 5.75 Å². The van der Waals surface area contributed by atoms with Gasteiger partial charge in [-0.3, -0.25) is 4.79 Å². The van der Waals surface area contributed by atoms with Gasteiger partial charge in [-0.05, 0) is 26.0 Å². The average molecular weight is 372 g/mol. The van der Waals surface area contributed by atoms with E-state index < -0.39 is 11.4 Å². The third-order valence-corrected chi connectivity index (χ3v) is 5.47. The summed E-state index contributed by atoms with van der Waals surface area (Å²) >= 11 is 0. The number of carboxylic acid groups (broad SMARTS) is 1. The molecule has 1 saturated carbocycles. The molecule has 0 spiro atoms. The molecule has 2 aliphatic rings. The lowest BCUT2D eigenvalue weighted by Gasteiger charge is -2.35. The number of benzene rings is 1. The minimum atomic E-state index is -1.23. The van der Waals surface area contributed by atoms with Crippen LogP contribution >= 0.6 is 0 Å². The second kappa shape index (κ2) is 6.45. The molecule has 1 aliphatic carbocycles. The van der Waals surface area contributed by atoms with Crippen molar-refractivity contribution >= 4 is 28.2 Å². The number of methoxy groups -OCH3 is 1. The molecule has 1 aliphatic heterocycles. The van der Waals surface area contributed by atoms with Crippen LogP contribution in [-0.2, 0) is 0 Å². The van der Waals surface area contributed by atoms with E-state index in [1.165, 1.54) is 6.20 Å². The van der Waals surface area contributed by atoms with Crippen LogP contribution in [0.3, 0.4) is 0 Å². The Morgan fingerprint density at radius 1 is 1.26 bits per heavy atom. The van der Waals surface area contributed by atoms with Crippen molar-refractivity contribution in [2.45, 2.75) is 18.9 Å². The number of rotatable bonds is 4. The molecule has 1 aromatic carbocycles. The van der Waals surface area contributed by atoms with Gasteiger partial charge in [-0.1, -0.05) is 0 Å². The zero-order chi connectivity index (χ0) is 19.3. The Hall–Kier alpha value is -2.74. The summed E-state index contributed by atoms with van der Waals surface area (Å²) in [6.07, 6.45) is 3.36. The normalized spacial score (nSPS) is 18.1. The smallest absolute Gasteiger partial charge is 0.341 e. The molecule has 3 N–H and O–H groups in total. The molecule has 2 fully saturated rings. The van der Waals surface area contributed by atoms with Crippen molar-refractivity contribution in [1.29, 1.82) is 0 Å². The standard InChI is InChI=1S/C19H24N4O4/c1-21-5-7-22(8-6-21)16-14(20)9-12-15(18(16)27-2)23(11-3-4-11)10-13(17(12)24)19(25)26/h9-11H,3-8,20H2,1-2H3,(H,25,26). The van der Waals surface area contributed by atoms with Crippen LogP contribution in [-0.4, -0.2) is 60.9 Å². The van der Waals surface area contributed by atoms with Gasteiger partial charge in [0.2, 0.25) is 5.43 Å². The summed E-state index contributed by atoms with van der Waals surface area (Å²) in [6, 6.07) is 1.79. The van der Waals surface area contributed by atoms with Gasteiger partial charge in [0.25, 0.3) is 0 Å². The molecule has 2 aromatic rings. The monoisotopic (exact) mass is 372 g/mol. The van der Waals surface area contributed by atoms with E-state index in [0.717, 1.165) is 44.7 Å². The Morgan fingerprint density at radius 3 is 2.48 bits per heavy atom. The quantitative estimate of drug-likeness (QED) is 0.782. The first-order chi connectivity index (χ1) is 12.9. The van der Waals surface area contributed by atoms with E-state index in [9.17, 15) is 14.7 Å². The van der Waals surface area contributed by atoms with Gasteiger partial charge in [0.05, 0.1) is 23.7 Å². The average Bonchev–Trinajstić information content (AvgIpc) is 3.47. The number of hydrogen-bond donors (Lipinski definition) is 2. The maximum absolute atomic E-state index is 12.8. The predicted octanol–water partition coefficient (Wildman–Crippen LogP) is 1.38. The molecule has 1 aromatic heterocycles. The molecule has 8 heteroatoms. The molecular weight excluding hydrogens is 348 g/mol. The van der Waals surface area contributed by atoms with Crippen LogP contribution in [0.2, 0.25) is 0 Å². The van der Waals surface area contributed by atoms with Gasteiger partial charge in [0.15, 0.2) is 5.75 Å². The molecule has 0 radical (unpaired) electrons. The molecule has 0 unspecified atom stereocenters. The topological polar surface area (TPSA) is 101 Å². The Bertz CT molecular complexity index is 972. The summed E-state index contributed by atoms with van der Waals surface area (Å²) < 4.78 is 7.64. The summed E-state index contributed by atoms with van der Waals surface area (Å²) in [5.74, 6) is -0.674. The van der Waals surface area contributed by atoms with E-state index in [1.54, 1.807) is 13.2 Å². The van der Waals surface area contributed by atoms with Crippen molar-refractivity contribution in [2.24, 2.45) is 0 Å². The number of hydrogen-bond acceptors (Lipinski definition) is 6. The number of anilines is 2. The Labute approximate surface area is 156 Å². The highest BCUT2D eigenvalue weighted by Crippen LogP contribution is 2.45. The predicted molar refractivity (Wildman–Crippen MR) is 104 cm³/mol. The largest absolute Gasteiger partial charge is 0.492 e. The number of aromatic nitrogens is 1. The van der Waals surface area contributed by atoms with E-state index in [4.69, 9.17) is 10.5 Å². The molecule has 144 valence electrons. The number of fused-ring (bicyclic) bond motifs is 1. The number of piperazine rings is 1. The number of carbonyl (C=O) groups is 1. The van der Waals surface area contributed by atoms with Gasteiger partial charge in [-0.15, -0.1) is 0 Å². The summed E-state index contributed by atoms with van der Waals surface area (Å²) in [5.41, 5.74) is 7.44. The molecule has 27 heavy (non-hydrogen) atoms. The van der Waals surface area contributed by atoms with Crippen LogP contribution in [0.5, 0.6) is 5.75 Å². The number of likely N-dealkylation sites (N-methyl/N-ethyl adjacent to an activating group) is 1. The zero-order valence-corrected chi connectivity index (χ0v) is 15.6. The number of ether oxygens (including phenoxy) is 1. The molecule has 0 amide bonds. The van der Waals surface area contributed by atoms with E-state index in [0.29, 0.717) is 22.3 Å². The molecule has 4 rings (SSSR count). The van der Waals surface area contributed by atoms with Crippen molar-refractivity contribution in [3.05, 3.63) is 28.0 Å². The van der Waals surface area contributed by atoms with Crippen molar-refractivity contribution in [2.75, 3.05) is 51.0 Å². The van der Waals surface area contributed by atoms with Gasteiger partial charge in [-0.25, -0.2) is 4.79 Å². The number of nitrogens with zero attached hydrogens (tertiary/aromatic N) is 3. The van der Waals surface area contributed by atoms with Gasteiger partial charge < -0.3 is 29.9 Å². The van der Waals surface area contributed by atoms with Gasteiger partial charge in [0, 0.05) is 38.4 Å². The minimum Gasteiger partial charge on any atom is -0.492 e. The van der Waals surface area contributed by atoms with E-state index in [-0.39, 0.29) is 11.6 Å². The van der Waals surface area contributed by atoms with E-state index in [2.05, 4.69) is 16.8 Å². The number of nitrogen functional groups attached to an aromatic ring is 1. The van der Waals surface area contributed by atoms with Gasteiger partial charge >= 0.3 is 5.97 Å². The summed E-state index contributed by atoms with van der Waals surface area (Å²) in [6.45, 7) is 3.44. The number of carboxylic acids is 1. The number of aromatic carboxylic acids is 1. The number of nitrogens with two attached hydrogens (primary N) is 1. The van der Waals surface area contributed by atoms with Crippen LogP contribution in [0.25, 0.3) is 10.9 Å². The maximum Gasteiger partial charge on any atom is 0.341 e. The lowest BCUT2D eigenvalue weighted by molar-refractivity contribution is 0.0695. The zero-order valence-electron chi connectivity index (χ0n) is 15.6. The van der Waals surface area contributed by atoms with E-state index >= 15 is 0 Å². The highest BCUT2D eigenvalue weighted by atomic mass is 16.5. The summed E-state index contributed by atoms with van der Waals surface area (Å²) in [4.78, 5) is 28.8. The van der Waals surface area contributed by atoms with Crippen molar-refractivity contribution in [3.63, 3.8) is 0 Å². The summed E-state index contributed by atoms with van der Waals surface area (Å²) in [5, 5.41) is 9.74. The van der Waals surface area contributed by atoms with Gasteiger partial charge in [0.1, 0.15) is 11.3 Å². The lowest BCUT2D eigenvalue weighted by Crippen LogP contribution is -2.44. The summed E-state index contributed by atoms with van der Waals surface area (Å²) in [7, 11) is 3.65. The molecule has 1 saturated heterocycles. The minimum absolute atomic E-state index is 0.184. The Balaban J connectivity index is 2.00. The second-order valence-corrected chi connectivity index (χ2v) is 7.35. The fourth-order valence-electron chi connectivity index (χ4n) is 3.84. The molecular formula is C19H24N4O4. The lowest BCUT2D eigenvalue weighted by atomic mass is 10.1. The van der Waals surface area contributed by atoms with Crippen molar-refractivity contribution in [1.82, 2.24) is 9.47 Å².